The minimum absolute atomic E-state index is 0.0283. The highest BCUT2D eigenvalue weighted by molar-refractivity contribution is 8.11. The lowest BCUT2D eigenvalue weighted by Gasteiger charge is -2.32. The Morgan fingerprint density at radius 2 is 1.10 bits per heavy atom. The molecule has 1 aliphatic heterocycles. The van der Waals surface area contributed by atoms with Crippen LogP contribution in [0.3, 0.4) is 0 Å². The smallest absolute Gasteiger partial charge is 0.357 e. The van der Waals surface area contributed by atoms with Crippen molar-refractivity contribution in [2.24, 2.45) is 29.6 Å². The molecule has 12 heteroatoms. The van der Waals surface area contributed by atoms with Crippen LogP contribution in [0, 0.1) is 36.7 Å². The highest BCUT2D eigenvalue weighted by atomic mass is 127. The minimum atomic E-state index is -0.406. The topological polar surface area (TPSA) is 108 Å². The van der Waals surface area contributed by atoms with Crippen LogP contribution in [0.25, 0.3) is 0 Å². The number of carbonyl (C=O) groups is 2. The Hall–Kier alpha value is -4.11. The summed E-state index contributed by atoms with van der Waals surface area (Å²) >= 11 is -0.406. The number of hydrogen-bond donors (Lipinski definition) is 0. The molecule has 5 fully saturated rings. The maximum Gasteiger partial charge on any atom is 0.357 e. The van der Waals surface area contributed by atoms with E-state index in [2.05, 4.69) is 43.5 Å². The molecule has 0 aromatic heterocycles. The maximum absolute atomic E-state index is 12.7. The van der Waals surface area contributed by atoms with Gasteiger partial charge in [-0.1, -0.05) is 17.7 Å². The molecule has 4 bridgehead atoms. The summed E-state index contributed by atoms with van der Waals surface area (Å²) < 4.78 is 49.7. The molecule has 5 aliphatic rings. The van der Waals surface area contributed by atoms with Gasteiger partial charge in [-0.2, -0.15) is 0 Å². The second kappa shape index (κ2) is 17.2. The SMILES string of the molecule is C/C=S1\OC2C3CC(CC31)C2OC(=O)COc1ccc(Oc2ccc([I+]c3ccc(Oc4ccc(OCC(=O)OC5C6CC(C)C(C6)C5OC)cc4)cc3)cc2)cc1. The van der Waals surface area contributed by atoms with Gasteiger partial charge < -0.3 is 37.3 Å². The molecular formula is C46H48IO10S+. The van der Waals surface area contributed by atoms with Gasteiger partial charge in [-0.25, -0.2) is 9.59 Å². The summed E-state index contributed by atoms with van der Waals surface area (Å²) in [5, 5.41) is 2.77. The van der Waals surface area contributed by atoms with Gasteiger partial charge in [-0.05, 0) is 153 Å². The summed E-state index contributed by atoms with van der Waals surface area (Å²) in [6.45, 7) is 4.02. The Morgan fingerprint density at radius 3 is 1.62 bits per heavy atom. The maximum atomic E-state index is 12.7. The van der Waals surface area contributed by atoms with Crippen molar-refractivity contribution in [3.63, 3.8) is 0 Å². The first kappa shape index (κ1) is 39.4. The molecule has 4 aromatic carbocycles. The molecule has 0 spiro atoms. The fourth-order valence-electron chi connectivity index (χ4n) is 9.62. The van der Waals surface area contributed by atoms with E-state index in [4.69, 9.17) is 37.3 Å². The largest absolute Gasteiger partial charge is 0.482 e. The van der Waals surface area contributed by atoms with Crippen molar-refractivity contribution >= 4 is 28.1 Å². The van der Waals surface area contributed by atoms with E-state index in [0.717, 1.165) is 37.2 Å². The number of methoxy groups -OCH3 is 1. The quantitative estimate of drug-likeness (QED) is 0.0865. The zero-order valence-electron chi connectivity index (χ0n) is 32.7. The van der Waals surface area contributed by atoms with Gasteiger partial charge >= 0.3 is 33.1 Å². The number of halogens is 1. The molecular weight excluding hydrogens is 871 g/mol. The molecule has 4 aromatic rings. The van der Waals surface area contributed by atoms with E-state index in [1.807, 2.05) is 48.5 Å². The Labute approximate surface area is 352 Å². The third-order valence-electron chi connectivity index (χ3n) is 12.2. The van der Waals surface area contributed by atoms with Crippen molar-refractivity contribution in [1.82, 2.24) is 0 Å². The predicted molar refractivity (Wildman–Crippen MR) is 214 cm³/mol. The highest BCUT2D eigenvalue weighted by Gasteiger charge is 2.60. The van der Waals surface area contributed by atoms with Crippen LogP contribution in [0.5, 0.6) is 34.5 Å². The number of benzene rings is 4. The van der Waals surface area contributed by atoms with Gasteiger partial charge in [0.2, 0.25) is 0 Å². The molecule has 11 unspecified atom stereocenters. The average Bonchev–Trinajstić information content (AvgIpc) is 4.04. The van der Waals surface area contributed by atoms with E-state index >= 15 is 0 Å². The normalized spacial score (nSPS) is 30.0. The van der Waals surface area contributed by atoms with E-state index in [1.165, 1.54) is 7.14 Å². The summed E-state index contributed by atoms with van der Waals surface area (Å²) in [5.41, 5.74) is 0. The number of carbonyl (C=O) groups excluding carboxylic acids is 2. The summed E-state index contributed by atoms with van der Waals surface area (Å²) in [5.74, 6) is 5.60. The first-order valence-corrected chi connectivity index (χ1v) is 23.5. The van der Waals surface area contributed by atoms with Gasteiger partial charge in [0.25, 0.3) is 0 Å². The average molecular weight is 920 g/mol. The van der Waals surface area contributed by atoms with Gasteiger partial charge in [0, 0.05) is 24.2 Å². The van der Waals surface area contributed by atoms with Crippen LogP contribution in [0.1, 0.15) is 39.5 Å². The van der Waals surface area contributed by atoms with Crippen molar-refractivity contribution in [3.05, 3.63) is 104 Å². The fourth-order valence-corrected chi connectivity index (χ4v) is 13.9. The van der Waals surface area contributed by atoms with Crippen molar-refractivity contribution < 1.29 is 68.1 Å². The van der Waals surface area contributed by atoms with Crippen molar-refractivity contribution in [2.75, 3.05) is 20.3 Å². The lowest BCUT2D eigenvalue weighted by molar-refractivity contribution is -0.597. The number of rotatable bonds is 15. The Morgan fingerprint density at radius 1 is 0.638 bits per heavy atom. The minimum Gasteiger partial charge on any atom is -0.482 e. The standard InChI is InChI=1S/C46H48IO10S/c1-4-58-40-24-29-23-39(40)46(57-58)44(29)56-42(49)26-52-33-15-19-37(20-16-33)54-35-11-7-31(8-12-35)47-30-5-9-34(10-6-30)53-36-17-13-32(14-18-36)51-25-41(48)55-43-28-21-27(2)38(22-28)45(43)50-3/h4-20,27-29,38-40,43-46H,21-26H2,1-3H3/q+1. The van der Waals surface area contributed by atoms with Gasteiger partial charge in [0.15, 0.2) is 20.4 Å². The van der Waals surface area contributed by atoms with Gasteiger partial charge in [-0.3, -0.25) is 0 Å². The molecule has 1 heterocycles. The van der Waals surface area contributed by atoms with Crippen LogP contribution >= 0.6 is 10.8 Å². The molecule has 0 N–H and O–H groups in total. The van der Waals surface area contributed by atoms with E-state index in [-0.39, 0.29) is 60.3 Å². The van der Waals surface area contributed by atoms with E-state index in [9.17, 15) is 9.59 Å². The van der Waals surface area contributed by atoms with Gasteiger partial charge in [0.1, 0.15) is 52.8 Å². The molecule has 58 heavy (non-hydrogen) atoms. The number of ether oxygens (including phenoxy) is 7. The van der Waals surface area contributed by atoms with Crippen LogP contribution in [0.4, 0.5) is 0 Å². The first-order valence-electron chi connectivity index (χ1n) is 20.1. The van der Waals surface area contributed by atoms with Crippen molar-refractivity contribution in [3.8, 4) is 34.5 Å². The first-order chi connectivity index (χ1) is 28.3. The van der Waals surface area contributed by atoms with Crippen LogP contribution in [0.15, 0.2) is 97.1 Å². The number of fused-ring (bicyclic) bond motifs is 3. The molecule has 4 saturated carbocycles. The van der Waals surface area contributed by atoms with Crippen molar-refractivity contribution in [2.45, 2.75) is 69.2 Å². The second-order valence-corrected chi connectivity index (χ2v) is 20.7. The Bertz CT molecular complexity index is 2110. The van der Waals surface area contributed by atoms with Crippen LogP contribution in [-0.4, -0.2) is 67.3 Å². The summed E-state index contributed by atoms with van der Waals surface area (Å²) in [4.78, 5) is 25.2. The van der Waals surface area contributed by atoms with Crippen LogP contribution in [-0.2, 0) is 28.0 Å². The lowest BCUT2D eigenvalue weighted by atomic mass is 9.86. The summed E-state index contributed by atoms with van der Waals surface area (Å²) in [6, 6.07) is 30.8. The molecule has 0 amide bonds. The molecule has 9 rings (SSSR count). The van der Waals surface area contributed by atoms with Crippen molar-refractivity contribution in [1.29, 1.82) is 0 Å². The van der Waals surface area contributed by atoms with Gasteiger partial charge in [-0.15, -0.1) is 0 Å². The van der Waals surface area contributed by atoms with E-state index in [0.29, 0.717) is 57.8 Å². The summed E-state index contributed by atoms with van der Waals surface area (Å²) in [7, 11) is 1.59. The van der Waals surface area contributed by atoms with E-state index < -0.39 is 21.2 Å². The molecule has 11 atom stereocenters. The predicted octanol–water partition coefficient (Wildman–Crippen LogP) is 5.48. The fraction of sp³-hybridized carbons (Fsp3) is 0.413. The monoisotopic (exact) mass is 919 g/mol. The van der Waals surface area contributed by atoms with E-state index in [1.54, 1.807) is 31.4 Å². The molecule has 10 nitrogen and oxygen atoms in total. The third-order valence-corrected chi connectivity index (χ3v) is 17.0. The Kier molecular flexibility index (Phi) is 11.7. The highest BCUT2D eigenvalue weighted by Crippen LogP contribution is 2.60. The third kappa shape index (κ3) is 8.48. The Balaban J connectivity index is 0.687. The molecule has 4 aliphatic carbocycles. The molecule has 304 valence electrons. The van der Waals surface area contributed by atoms with Crippen LogP contribution in [0.2, 0.25) is 0 Å². The zero-order chi connectivity index (χ0) is 39.8. The lowest BCUT2D eigenvalue weighted by Crippen LogP contribution is -3.61. The second-order valence-electron chi connectivity index (χ2n) is 15.8. The van der Waals surface area contributed by atoms with Gasteiger partial charge in [0.05, 0.1) is 6.10 Å². The van der Waals surface area contributed by atoms with Crippen LogP contribution < -0.4 is 40.2 Å². The molecule has 1 saturated heterocycles. The summed E-state index contributed by atoms with van der Waals surface area (Å²) in [6.07, 6.45) is 3.98. The number of hydrogen-bond acceptors (Lipinski definition) is 10. The zero-order valence-corrected chi connectivity index (χ0v) is 35.7. The number of esters is 2. The molecule has 0 radical (unpaired) electrons.